The van der Waals surface area contributed by atoms with Crippen LogP contribution in [-0.4, -0.2) is 18.0 Å². The molecule has 0 saturated heterocycles. The highest BCUT2D eigenvalue weighted by atomic mass is 35.5. The van der Waals surface area contributed by atoms with Gasteiger partial charge in [-0.25, -0.2) is 4.98 Å². The Hall–Kier alpha value is -3.63. The lowest BCUT2D eigenvalue weighted by atomic mass is 9.98. The predicted octanol–water partition coefficient (Wildman–Crippen LogP) is 6.26. The molecule has 0 aliphatic heterocycles. The molecule has 4 rings (SSSR count). The number of amides is 1. The van der Waals surface area contributed by atoms with E-state index < -0.39 is 0 Å². The number of pyridine rings is 1. The van der Waals surface area contributed by atoms with Crippen molar-refractivity contribution in [3.8, 4) is 28.1 Å². The number of hydrogen-bond donors (Lipinski definition) is 1. The highest BCUT2D eigenvalue weighted by Crippen LogP contribution is 2.31. The molecule has 1 aromatic heterocycles. The van der Waals surface area contributed by atoms with Crippen molar-refractivity contribution < 1.29 is 9.53 Å². The van der Waals surface area contributed by atoms with E-state index in [1.165, 1.54) is 5.56 Å². The third-order valence-corrected chi connectivity index (χ3v) is 5.26. The topological polar surface area (TPSA) is 51.2 Å². The lowest BCUT2D eigenvalue weighted by Gasteiger charge is -2.10. The summed E-state index contributed by atoms with van der Waals surface area (Å²) in [4.78, 5) is 16.6. The van der Waals surface area contributed by atoms with E-state index in [1.54, 1.807) is 25.4 Å². The Labute approximate surface area is 186 Å². The monoisotopic (exact) mass is 428 g/mol. The fraction of sp³-hybridized carbons (Fsp3) is 0.0769. The molecule has 0 aliphatic rings. The average molecular weight is 429 g/mol. The normalized spacial score (nSPS) is 10.5. The van der Waals surface area contributed by atoms with Crippen LogP contribution in [0.4, 0.5) is 5.69 Å². The first-order valence-corrected chi connectivity index (χ1v) is 10.2. The Morgan fingerprint density at radius 3 is 2.29 bits per heavy atom. The largest absolute Gasteiger partial charge is 0.481 e. The molecule has 1 amide bonds. The van der Waals surface area contributed by atoms with Crippen molar-refractivity contribution >= 4 is 23.2 Å². The smallest absolute Gasteiger partial charge is 0.228 e. The summed E-state index contributed by atoms with van der Waals surface area (Å²) in [6.45, 7) is 0. The van der Waals surface area contributed by atoms with Crippen LogP contribution in [0.25, 0.3) is 22.3 Å². The molecule has 0 unspecified atom stereocenters. The molecule has 0 radical (unpaired) electrons. The van der Waals surface area contributed by atoms with Gasteiger partial charge < -0.3 is 10.1 Å². The third-order valence-electron chi connectivity index (χ3n) is 4.93. The molecular formula is C26H21ClN2O2. The maximum Gasteiger partial charge on any atom is 0.228 e. The first kappa shape index (κ1) is 20.6. The zero-order valence-corrected chi connectivity index (χ0v) is 17.8. The highest BCUT2D eigenvalue weighted by Gasteiger charge is 2.10. The SMILES string of the molecule is COc1ccc(NC(=O)Cc2ccc(Cl)c(-c3ccc(-c4ccccc4)cc3)c2)cn1. The molecule has 0 spiro atoms. The second-order valence-corrected chi connectivity index (χ2v) is 7.48. The fourth-order valence-corrected chi connectivity index (χ4v) is 3.57. The number of aromatic nitrogens is 1. The van der Waals surface area contributed by atoms with Gasteiger partial charge in [0.15, 0.2) is 0 Å². The minimum atomic E-state index is -0.125. The fourth-order valence-electron chi connectivity index (χ4n) is 3.34. The van der Waals surface area contributed by atoms with E-state index in [0.29, 0.717) is 16.6 Å². The van der Waals surface area contributed by atoms with Gasteiger partial charge in [-0.2, -0.15) is 0 Å². The van der Waals surface area contributed by atoms with Gasteiger partial charge in [0.1, 0.15) is 0 Å². The molecule has 0 atom stereocenters. The van der Waals surface area contributed by atoms with E-state index >= 15 is 0 Å². The van der Waals surface area contributed by atoms with Crippen molar-refractivity contribution in [3.63, 3.8) is 0 Å². The number of ether oxygens (including phenoxy) is 1. The number of nitrogens with zero attached hydrogens (tertiary/aromatic N) is 1. The molecule has 154 valence electrons. The average Bonchev–Trinajstić information content (AvgIpc) is 2.81. The van der Waals surface area contributed by atoms with Crippen molar-refractivity contribution in [2.75, 3.05) is 12.4 Å². The Balaban J connectivity index is 1.49. The zero-order chi connectivity index (χ0) is 21.6. The van der Waals surface area contributed by atoms with Gasteiger partial charge in [0.05, 0.1) is 25.4 Å². The minimum Gasteiger partial charge on any atom is -0.481 e. The minimum absolute atomic E-state index is 0.125. The summed E-state index contributed by atoms with van der Waals surface area (Å²) < 4.78 is 5.03. The van der Waals surface area contributed by atoms with Crippen molar-refractivity contribution in [3.05, 3.63) is 102 Å². The van der Waals surface area contributed by atoms with E-state index in [4.69, 9.17) is 16.3 Å². The van der Waals surface area contributed by atoms with Crippen molar-refractivity contribution in [2.24, 2.45) is 0 Å². The van der Waals surface area contributed by atoms with E-state index in [1.807, 2.05) is 36.4 Å². The van der Waals surface area contributed by atoms with Gasteiger partial charge in [0, 0.05) is 16.7 Å². The molecule has 3 aromatic carbocycles. The quantitative estimate of drug-likeness (QED) is 0.394. The highest BCUT2D eigenvalue weighted by molar-refractivity contribution is 6.33. The number of methoxy groups -OCH3 is 1. The molecule has 5 heteroatoms. The summed E-state index contributed by atoms with van der Waals surface area (Å²) >= 11 is 6.46. The van der Waals surface area contributed by atoms with Gasteiger partial charge in [0.2, 0.25) is 11.8 Å². The number of carbonyl (C=O) groups is 1. The van der Waals surface area contributed by atoms with Gasteiger partial charge in [-0.3, -0.25) is 4.79 Å². The number of anilines is 1. The summed E-state index contributed by atoms with van der Waals surface area (Å²) in [6, 6.07) is 27.6. The molecule has 4 nitrogen and oxygen atoms in total. The van der Waals surface area contributed by atoms with Crippen LogP contribution in [0, 0.1) is 0 Å². The van der Waals surface area contributed by atoms with Crippen molar-refractivity contribution in [1.29, 1.82) is 0 Å². The third kappa shape index (κ3) is 5.11. The molecule has 0 fully saturated rings. The van der Waals surface area contributed by atoms with Gasteiger partial charge >= 0.3 is 0 Å². The van der Waals surface area contributed by atoms with Crippen LogP contribution in [0.2, 0.25) is 5.02 Å². The van der Waals surface area contributed by atoms with Crippen LogP contribution in [0.3, 0.4) is 0 Å². The standard InChI is InChI=1S/C26H21ClN2O2/c1-31-26-14-12-22(17-28-26)29-25(30)16-18-7-13-24(27)23(15-18)21-10-8-20(9-11-21)19-5-3-2-4-6-19/h2-15,17H,16H2,1H3,(H,29,30). The Morgan fingerprint density at radius 1 is 0.903 bits per heavy atom. The first-order chi connectivity index (χ1) is 15.1. The molecule has 1 heterocycles. The summed E-state index contributed by atoms with van der Waals surface area (Å²) in [6.07, 6.45) is 1.80. The molecule has 0 saturated carbocycles. The second kappa shape index (κ2) is 9.45. The number of hydrogen-bond acceptors (Lipinski definition) is 3. The first-order valence-electron chi connectivity index (χ1n) is 9.86. The van der Waals surface area contributed by atoms with E-state index in [0.717, 1.165) is 22.3 Å². The number of carbonyl (C=O) groups excluding carboxylic acids is 1. The Bertz CT molecular complexity index is 1170. The van der Waals surface area contributed by atoms with Crippen LogP contribution in [0.15, 0.2) is 91.1 Å². The molecule has 0 bridgehead atoms. The maximum atomic E-state index is 12.5. The molecule has 31 heavy (non-hydrogen) atoms. The van der Waals surface area contributed by atoms with Crippen LogP contribution < -0.4 is 10.1 Å². The number of rotatable bonds is 6. The van der Waals surface area contributed by atoms with Crippen LogP contribution in [0.1, 0.15) is 5.56 Å². The van der Waals surface area contributed by atoms with Gasteiger partial charge in [-0.15, -0.1) is 0 Å². The number of nitrogens with one attached hydrogen (secondary N) is 1. The number of halogens is 1. The van der Waals surface area contributed by atoms with E-state index in [2.05, 4.69) is 46.7 Å². The summed E-state index contributed by atoms with van der Waals surface area (Å²) in [5.74, 6) is 0.373. The van der Waals surface area contributed by atoms with Crippen molar-refractivity contribution in [2.45, 2.75) is 6.42 Å². The van der Waals surface area contributed by atoms with Crippen molar-refractivity contribution in [1.82, 2.24) is 4.98 Å². The van der Waals surface area contributed by atoms with Crippen LogP contribution in [0.5, 0.6) is 5.88 Å². The maximum absolute atomic E-state index is 12.5. The molecule has 4 aromatic rings. The predicted molar refractivity (Wildman–Crippen MR) is 125 cm³/mol. The Morgan fingerprint density at radius 2 is 1.61 bits per heavy atom. The zero-order valence-electron chi connectivity index (χ0n) is 17.0. The van der Waals surface area contributed by atoms with E-state index in [9.17, 15) is 4.79 Å². The summed E-state index contributed by atoms with van der Waals surface area (Å²) in [5, 5.41) is 3.50. The van der Waals surface area contributed by atoms with Gasteiger partial charge in [-0.05, 0) is 40.5 Å². The van der Waals surface area contributed by atoms with E-state index in [-0.39, 0.29) is 12.3 Å². The lowest BCUT2D eigenvalue weighted by Crippen LogP contribution is -2.14. The number of benzene rings is 3. The van der Waals surface area contributed by atoms with Crippen LogP contribution >= 0.6 is 11.6 Å². The van der Waals surface area contributed by atoms with Gasteiger partial charge in [-0.1, -0.05) is 72.3 Å². The molecule has 0 aliphatic carbocycles. The summed E-state index contributed by atoms with van der Waals surface area (Å²) in [5.41, 5.74) is 5.72. The second-order valence-electron chi connectivity index (χ2n) is 7.07. The van der Waals surface area contributed by atoms with Crippen LogP contribution in [-0.2, 0) is 11.2 Å². The molecule has 1 N–H and O–H groups in total. The molecular weight excluding hydrogens is 408 g/mol. The lowest BCUT2D eigenvalue weighted by molar-refractivity contribution is -0.115. The Kier molecular flexibility index (Phi) is 6.29. The van der Waals surface area contributed by atoms with Gasteiger partial charge in [0.25, 0.3) is 0 Å². The summed E-state index contributed by atoms with van der Waals surface area (Å²) in [7, 11) is 1.55.